The third-order valence-corrected chi connectivity index (χ3v) is 6.04. The first-order valence-electron chi connectivity index (χ1n) is 8.89. The van der Waals surface area contributed by atoms with Gasteiger partial charge in [0.2, 0.25) is 15.9 Å². The molecule has 6 heteroatoms. The molecule has 1 fully saturated rings. The third kappa shape index (κ3) is 4.51. The molecule has 1 atom stereocenters. The molecule has 1 unspecified atom stereocenters. The van der Waals surface area contributed by atoms with Gasteiger partial charge in [0.1, 0.15) is 5.25 Å². The van der Waals surface area contributed by atoms with Crippen LogP contribution in [0.1, 0.15) is 36.8 Å². The summed E-state index contributed by atoms with van der Waals surface area (Å²) in [5.41, 5.74) is 2.41. The van der Waals surface area contributed by atoms with Crippen molar-refractivity contribution in [2.75, 3.05) is 0 Å². The monoisotopic (exact) mass is 372 g/mol. The highest BCUT2D eigenvalue weighted by Crippen LogP contribution is 2.26. The third-order valence-electron chi connectivity index (χ3n) is 4.92. The maximum atomic E-state index is 12.1. The molecule has 26 heavy (non-hydrogen) atoms. The molecule has 0 heterocycles. The number of primary sulfonamides is 1. The fourth-order valence-electron chi connectivity index (χ4n) is 3.47. The highest BCUT2D eigenvalue weighted by molar-refractivity contribution is 7.90. The number of nitrogens with one attached hydrogen (secondary N) is 1. The molecule has 5 nitrogen and oxygen atoms in total. The van der Waals surface area contributed by atoms with Crippen LogP contribution in [0.2, 0.25) is 0 Å². The number of carbonyl (C=O) groups excluding carboxylic acids is 1. The fraction of sp³-hybridized carbons (Fsp3) is 0.350. The van der Waals surface area contributed by atoms with E-state index in [1.165, 1.54) is 0 Å². The van der Waals surface area contributed by atoms with Crippen molar-refractivity contribution in [1.29, 1.82) is 0 Å². The number of benzene rings is 1. The van der Waals surface area contributed by atoms with Crippen LogP contribution in [0.5, 0.6) is 0 Å². The minimum atomic E-state index is -3.74. The van der Waals surface area contributed by atoms with Crippen LogP contribution in [0.25, 0.3) is 5.57 Å². The minimum Gasteiger partial charge on any atom is -0.352 e. The van der Waals surface area contributed by atoms with Gasteiger partial charge < -0.3 is 5.32 Å². The molecule has 1 aromatic carbocycles. The predicted molar refractivity (Wildman–Crippen MR) is 103 cm³/mol. The van der Waals surface area contributed by atoms with Crippen molar-refractivity contribution >= 4 is 21.5 Å². The van der Waals surface area contributed by atoms with E-state index in [2.05, 4.69) is 5.32 Å². The summed E-state index contributed by atoms with van der Waals surface area (Å²) in [6, 6.07) is 7.55. The molecule has 0 aromatic heterocycles. The van der Waals surface area contributed by atoms with Crippen LogP contribution in [-0.4, -0.2) is 19.6 Å². The molecular formula is C20H24N2O3S. The van der Waals surface area contributed by atoms with Crippen molar-refractivity contribution in [3.63, 3.8) is 0 Å². The van der Waals surface area contributed by atoms with Crippen LogP contribution < -0.4 is 10.5 Å². The number of rotatable bonds is 5. The molecule has 0 bridgehead atoms. The van der Waals surface area contributed by atoms with Gasteiger partial charge in [-0.3, -0.25) is 4.79 Å². The lowest BCUT2D eigenvalue weighted by atomic mass is 10.0. The average molecular weight is 372 g/mol. The SMILES string of the molecule is NS(=O)(=O)C1C=CC=CC=C1c1ccc(CNC(=O)C2CCCC2)cc1. The molecule has 3 N–H and O–H groups in total. The van der Waals surface area contributed by atoms with Gasteiger partial charge in [-0.1, -0.05) is 67.5 Å². The van der Waals surface area contributed by atoms with E-state index in [1.807, 2.05) is 24.3 Å². The van der Waals surface area contributed by atoms with E-state index in [1.54, 1.807) is 30.4 Å². The minimum absolute atomic E-state index is 0.127. The van der Waals surface area contributed by atoms with Crippen LogP contribution >= 0.6 is 0 Å². The Morgan fingerprint density at radius 1 is 1.08 bits per heavy atom. The van der Waals surface area contributed by atoms with Crippen molar-refractivity contribution in [2.45, 2.75) is 37.5 Å². The Labute approximate surface area is 154 Å². The van der Waals surface area contributed by atoms with E-state index in [4.69, 9.17) is 5.14 Å². The molecule has 2 aliphatic rings. The topological polar surface area (TPSA) is 89.3 Å². The summed E-state index contributed by atoms with van der Waals surface area (Å²) in [7, 11) is -3.74. The molecule has 3 rings (SSSR count). The molecule has 2 aliphatic carbocycles. The van der Waals surface area contributed by atoms with Gasteiger partial charge in [0.05, 0.1) is 0 Å². The predicted octanol–water partition coefficient (Wildman–Crippen LogP) is 2.66. The zero-order valence-corrected chi connectivity index (χ0v) is 15.4. The second-order valence-electron chi connectivity index (χ2n) is 6.80. The number of sulfonamides is 1. The Bertz CT molecular complexity index is 846. The molecule has 0 spiro atoms. The van der Waals surface area contributed by atoms with E-state index in [9.17, 15) is 13.2 Å². The van der Waals surface area contributed by atoms with Gasteiger partial charge in [-0.2, -0.15) is 0 Å². The van der Waals surface area contributed by atoms with E-state index in [0.717, 1.165) is 36.8 Å². The lowest BCUT2D eigenvalue weighted by Crippen LogP contribution is -2.29. The van der Waals surface area contributed by atoms with Crippen molar-refractivity contribution in [3.8, 4) is 0 Å². The molecule has 138 valence electrons. The number of amides is 1. The first kappa shape index (κ1) is 18.6. The summed E-state index contributed by atoms with van der Waals surface area (Å²) < 4.78 is 23.8. The van der Waals surface area contributed by atoms with E-state index in [-0.39, 0.29) is 11.8 Å². The highest BCUT2D eigenvalue weighted by Gasteiger charge is 2.25. The van der Waals surface area contributed by atoms with Crippen molar-refractivity contribution < 1.29 is 13.2 Å². The number of hydrogen-bond acceptors (Lipinski definition) is 3. The number of carbonyl (C=O) groups is 1. The van der Waals surface area contributed by atoms with Gasteiger partial charge in [-0.15, -0.1) is 0 Å². The number of nitrogens with two attached hydrogens (primary N) is 1. The largest absolute Gasteiger partial charge is 0.352 e. The van der Waals surface area contributed by atoms with Crippen molar-refractivity contribution in [2.24, 2.45) is 11.1 Å². The Morgan fingerprint density at radius 3 is 2.42 bits per heavy atom. The first-order valence-corrected chi connectivity index (χ1v) is 10.5. The summed E-state index contributed by atoms with van der Waals surface area (Å²) in [5, 5.41) is 7.50. The van der Waals surface area contributed by atoms with Gasteiger partial charge in [-0.25, -0.2) is 13.6 Å². The average Bonchev–Trinajstić information content (AvgIpc) is 3.03. The Balaban J connectivity index is 1.70. The highest BCUT2D eigenvalue weighted by atomic mass is 32.2. The summed E-state index contributed by atoms with van der Waals surface area (Å²) in [6.07, 6.45) is 12.8. The first-order chi connectivity index (χ1) is 12.4. The molecule has 0 aliphatic heterocycles. The van der Waals surface area contributed by atoms with Crippen molar-refractivity contribution in [1.82, 2.24) is 5.32 Å². The molecule has 1 saturated carbocycles. The summed E-state index contributed by atoms with van der Waals surface area (Å²) >= 11 is 0. The second kappa shape index (κ2) is 8.01. The Hall–Kier alpha value is -2.18. The van der Waals surface area contributed by atoms with Crippen LogP contribution in [0, 0.1) is 5.92 Å². The Kier molecular flexibility index (Phi) is 5.74. The van der Waals surface area contributed by atoms with Crippen LogP contribution in [0.3, 0.4) is 0 Å². The maximum Gasteiger partial charge on any atom is 0.223 e. The van der Waals surface area contributed by atoms with E-state index in [0.29, 0.717) is 12.1 Å². The van der Waals surface area contributed by atoms with Crippen LogP contribution in [0.15, 0.2) is 54.6 Å². The quantitative estimate of drug-likeness (QED) is 0.833. The maximum absolute atomic E-state index is 12.1. The zero-order valence-electron chi connectivity index (χ0n) is 14.6. The van der Waals surface area contributed by atoms with Gasteiger partial charge >= 0.3 is 0 Å². The zero-order chi connectivity index (χ0) is 18.6. The van der Waals surface area contributed by atoms with Crippen LogP contribution in [0.4, 0.5) is 0 Å². The molecule has 1 aromatic rings. The fourth-order valence-corrected chi connectivity index (χ4v) is 4.35. The van der Waals surface area contributed by atoms with Crippen LogP contribution in [-0.2, 0) is 21.4 Å². The normalized spacial score (nSPS) is 20.7. The lowest BCUT2D eigenvalue weighted by Gasteiger charge is -2.15. The van der Waals surface area contributed by atoms with Gasteiger partial charge in [0, 0.05) is 12.5 Å². The summed E-state index contributed by atoms with van der Waals surface area (Å²) in [6.45, 7) is 0.479. The second-order valence-corrected chi connectivity index (χ2v) is 8.48. The van der Waals surface area contributed by atoms with E-state index < -0.39 is 15.3 Å². The molecule has 1 amide bonds. The molecule has 0 saturated heterocycles. The van der Waals surface area contributed by atoms with Gasteiger partial charge in [0.25, 0.3) is 0 Å². The van der Waals surface area contributed by atoms with Crippen molar-refractivity contribution in [3.05, 3.63) is 65.8 Å². The summed E-state index contributed by atoms with van der Waals surface area (Å²) in [4.78, 5) is 12.1. The smallest absolute Gasteiger partial charge is 0.223 e. The summed E-state index contributed by atoms with van der Waals surface area (Å²) in [5.74, 6) is 0.280. The number of allylic oxidation sites excluding steroid dienone is 4. The number of hydrogen-bond donors (Lipinski definition) is 2. The lowest BCUT2D eigenvalue weighted by molar-refractivity contribution is -0.124. The van der Waals surface area contributed by atoms with E-state index >= 15 is 0 Å². The Morgan fingerprint density at radius 2 is 1.77 bits per heavy atom. The van der Waals surface area contributed by atoms with Gasteiger partial charge in [0.15, 0.2) is 0 Å². The molecule has 0 radical (unpaired) electrons. The standard InChI is InChI=1S/C20H24N2O3S/c21-26(24,25)19-9-3-1-2-8-18(19)16-12-10-15(11-13-16)14-22-20(23)17-6-4-5-7-17/h1-3,8-13,17,19H,4-7,14H2,(H,22,23)(H2,21,24,25). The van der Waals surface area contributed by atoms with Gasteiger partial charge in [-0.05, 0) is 29.5 Å². The molecular weight excluding hydrogens is 348 g/mol.